The van der Waals surface area contributed by atoms with Gasteiger partial charge in [-0.2, -0.15) is 0 Å². The number of ether oxygens (including phenoxy) is 1. The van der Waals surface area contributed by atoms with Crippen LogP contribution in [-0.2, 0) is 9.16 Å². The van der Waals surface area contributed by atoms with E-state index in [0.29, 0.717) is 6.42 Å². The van der Waals surface area contributed by atoms with Crippen molar-refractivity contribution >= 4 is 8.32 Å². The molecule has 1 aliphatic carbocycles. The molecule has 1 aromatic heterocycles. The molecular weight excluding hydrogens is 340 g/mol. The van der Waals surface area contributed by atoms with Gasteiger partial charge in [-0.1, -0.05) is 20.8 Å². The summed E-state index contributed by atoms with van der Waals surface area (Å²) in [6.07, 6.45) is 1.39. The van der Waals surface area contributed by atoms with Gasteiger partial charge in [0.25, 0.3) is 5.56 Å². The predicted molar refractivity (Wildman–Crippen MR) is 98.4 cm³/mol. The summed E-state index contributed by atoms with van der Waals surface area (Å²) in [7, 11) is -0.482. The van der Waals surface area contributed by atoms with Crippen molar-refractivity contribution in [3.63, 3.8) is 0 Å². The van der Waals surface area contributed by atoms with Crippen molar-refractivity contribution in [2.75, 3.05) is 13.7 Å². The van der Waals surface area contributed by atoms with E-state index in [1.165, 1.54) is 16.8 Å². The molecule has 25 heavy (non-hydrogen) atoms. The topological polar surface area (TPSA) is 93.5 Å². The van der Waals surface area contributed by atoms with Gasteiger partial charge >= 0.3 is 5.69 Å². The van der Waals surface area contributed by atoms with Gasteiger partial charge in [0.05, 0.1) is 12.1 Å². The van der Waals surface area contributed by atoms with Crippen LogP contribution in [0.5, 0.6) is 0 Å². The molecule has 142 valence electrons. The molecular formula is C17H30N2O5Si. The number of nitrogens with zero attached hydrogens (tertiary/aromatic N) is 1. The average molecular weight is 371 g/mol. The minimum absolute atomic E-state index is 0.0260. The molecule has 0 saturated heterocycles. The fraction of sp³-hybridized carbons (Fsp3) is 0.765. The quantitative estimate of drug-likeness (QED) is 0.766. The van der Waals surface area contributed by atoms with E-state index in [1.807, 2.05) is 0 Å². The summed E-state index contributed by atoms with van der Waals surface area (Å²) in [5.41, 5.74) is -0.898. The van der Waals surface area contributed by atoms with Crippen molar-refractivity contribution in [3.05, 3.63) is 33.1 Å². The highest BCUT2D eigenvalue weighted by Crippen LogP contribution is 2.44. The molecule has 0 aliphatic heterocycles. The number of aliphatic hydroxyl groups excluding tert-OH is 1. The number of aliphatic hydroxyl groups is 1. The molecule has 1 aliphatic rings. The molecule has 1 unspecified atom stereocenters. The predicted octanol–water partition coefficient (Wildman–Crippen LogP) is 1.50. The van der Waals surface area contributed by atoms with Crippen LogP contribution in [0.1, 0.15) is 33.2 Å². The zero-order valence-electron chi connectivity index (χ0n) is 15.9. The second kappa shape index (κ2) is 7.18. The van der Waals surface area contributed by atoms with E-state index in [2.05, 4.69) is 38.8 Å². The van der Waals surface area contributed by atoms with E-state index in [-0.39, 0.29) is 35.8 Å². The highest BCUT2D eigenvalue weighted by Gasteiger charge is 2.50. The fourth-order valence-electron chi connectivity index (χ4n) is 3.18. The first-order valence-electron chi connectivity index (χ1n) is 8.65. The maximum atomic E-state index is 12.2. The molecule has 0 radical (unpaired) electrons. The summed E-state index contributed by atoms with van der Waals surface area (Å²) in [6, 6.07) is 1.03. The van der Waals surface area contributed by atoms with Crippen molar-refractivity contribution in [3.8, 4) is 0 Å². The summed E-state index contributed by atoms with van der Waals surface area (Å²) in [5, 5.41) is 9.89. The lowest BCUT2D eigenvalue weighted by Gasteiger charge is -2.41. The minimum Gasteiger partial charge on any atom is -0.411 e. The van der Waals surface area contributed by atoms with Crippen LogP contribution in [0.3, 0.4) is 0 Å². The number of methoxy groups -OCH3 is 1. The first-order valence-corrected chi connectivity index (χ1v) is 11.6. The highest BCUT2D eigenvalue weighted by molar-refractivity contribution is 6.74. The number of nitrogens with one attached hydrogen (secondary N) is 1. The number of hydrogen-bond acceptors (Lipinski definition) is 5. The van der Waals surface area contributed by atoms with Gasteiger partial charge in [0.15, 0.2) is 8.32 Å². The van der Waals surface area contributed by atoms with Crippen molar-refractivity contribution in [2.45, 2.75) is 63.6 Å². The zero-order chi connectivity index (χ0) is 19.0. The van der Waals surface area contributed by atoms with Crippen LogP contribution in [-0.4, -0.2) is 48.9 Å². The van der Waals surface area contributed by atoms with Crippen molar-refractivity contribution in [1.82, 2.24) is 9.55 Å². The molecule has 4 atom stereocenters. The Balaban J connectivity index is 2.38. The molecule has 0 bridgehead atoms. The summed E-state index contributed by atoms with van der Waals surface area (Å²) < 4.78 is 13.7. The number of aromatic nitrogens is 2. The summed E-state index contributed by atoms with van der Waals surface area (Å²) in [4.78, 5) is 25.8. The van der Waals surface area contributed by atoms with Crippen LogP contribution in [0.15, 0.2) is 21.9 Å². The highest BCUT2D eigenvalue weighted by atomic mass is 28.4. The second-order valence-corrected chi connectivity index (χ2v) is 13.1. The molecule has 1 aromatic rings. The third-order valence-electron chi connectivity index (χ3n) is 5.66. The Hall–Kier alpha value is -1.22. The van der Waals surface area contributed by atoms with E-state index in [9.17, 15) is 14.7 Å². The maximum absolute atomic E-state index is 12.2. The van der Waals surface area contributed by atoms with Gasteiger partial charge in [0.2, 0.25) is 0 Å². The van der Waals surface area contributed by atoms with Crippen LogP contribution in [0.25, 0.3) is 0 Å². The van der Waals surface area contributed by atoms with E-state index >= 15 is 0 Å². The van der Waals surface area contributed by atoms with Gasteiger partial charge in [-0.05, 0) is 24.6 Å². The summed E-state index contributed by atoms with van der Waals surface area (Å²) in [6.45, 7) is 10.8. The Bertz CT molecular complexity index is 706. The maximum Gasteiger partial charge on any atom is 0.328 e. The molecule has 2 N–H and O–H groups in total. The Morgan fingerprint density at radius 1 is 1.32 bits per heavy atom. The lowest BCUT2D eigenvalue weighted by atomic mass is 10.1. The van der Waals surface area contributed by atoms with Crippen LogP contribution >= 0.6 is 0 Å². The molecule has 1 fully saturated rings. The molecule has 8 heteroatoms. The fourth-order valence-corrected chi connectivity index (χ4v) is 4.54. The van der Waals surface area contributed by atoms with Gasteiger partial charge in [-0.25, -0.2) is 4.79 Å². The number of hydrogen-bond donors (Lipinski definition) is 2. The number of aromatic amines is 1. The largest absolute Gasteiger partial charge is 0.411 e. The lowest BCUT2D eigenvalue weighted by molar-refractivity contribution is -0.0234. The van der Waals surface area contributed by atoms with Crippen LogP contribution in [0, 0.1) is 5.92 Å². The molecule has 0 spiro atoms. The number of H-pyrrole nitrogens is 1. The van der Waals surface area contributed by atoms with Gasteiger partial charge in [0.1, 0.15) is 6.10 Å². The smallest absolute Gasteiger partial charge is 0.328 e. The van der Waals surface area contributed by atoms with Crippen LogP contribution in [0.2, 0.25) is 18.1 Å². The Morgan fingerprint density at radius 2 is 1.96 bits per heavy atom. The van der Waals surface area contributed by atoms with Crippen LogP contribution in [0.4, 0.5) is 0 Å². The average Bonchev–Trinajstić information content (AvgIpc) is 2.82. The molecule has 2 rings (SSSR count). The van der Waals surface area contributed by atoms with Gasteiger partial charge in [-0.15, -0.1) is 0 Å². The lowest BCUT2D eigenvalue weighted by Crippen LogP contribution is -2.49. The Labute approximate surface area is 149 Å². The third-order valence-corrected chi connectivity index (χ3v) is 10.1. The van der Waals surface area contributed by atoms with E-state index < -0.39 is 19.6 Å². The standard InChI is InChI=1S/C17H30N2O5Si/c1-17(2,3)25(5,6)24-14-11(10-20)9-12(15(14)23-4)19-8-7-13(21)18-16(19)22/h7-8,11-12,14-15,20H,9-10H2,1-6H3,(H,18,21,22)/t11-,12-,14?,15+/m1/s1. The normalized spacial score (nSPS) is 27.6. The van der Waals surface area contributed by atoms with E-state index in [0.717, 1.165) is 0 Å². The van der Waals surface area contributed by atoms with Crippen LogP contribution < -0.4 is 11.2 Å². The second-order valence-electron chi connectivity index (χ2n) is 8.31. The van der Waals surface area contributed by atoms with Crippen molar-refractivity contribution in [2.24, 2.45) is 5.92 Å². The Kier molecular flexibility index (Phi) is 5.77. The number of rotatable bonds is 5. The summed E-state index contributed by atoms with van der Waals surface area (Å²) >= 11 is 0. The molecule has 1 heterocycles. The van der Waals surface area contributed by atoms with Gasteiger partial charge in [-0.3, -0.25) is 14.3 Å². The van der Waals surface area contributed by atoms with Crippen molar-refractivity contribution < 1.29 is 14.3 Å². The van der Waals surface area contributed by atoms with Gasteiger partial charge < -0.3 is 14.3 Å². The molecule has 1 saturated carbocycles. The Morgan fingerprint density at radius 3 is 2.44 bits per heavy atom. The molecule has 7 nitrogen and oxygen atoms in total. The molecule has 0 amide bonds. The SMILES string of the molecule is CO[C@@H]1C(O[Si](C)(C)C(C)(C)C)[C@@H](CO)C[C@H]1n1ccc(=O)[nH]c1=O. The van der Waals surface area contributed by atoms with Gasteiger partial charge in [0, 0.05) is 31.9 Å². The third kappa shape index (κ3) is 3.97. The summed E-state index contributed by atoms with van der Waals surface area (Å²) in [5.74, 6) is -0.122. The van der Waals surface area contributed by atoms with Crippen molar-refractivity contribution in [1.29, 1.82) is 0 Å². The van der Waals surface area contributed by atoms with E-state index in [1.54, 1.807) is 7.11 Å². The minimum atomic E-state index is -2.08. The first kappa shape index (κ1) is 20.1. The molecule has 0 aromatic carbocycles. The van der Waals surface area contributed by atoms with E-state index in [4.69, 9.17) is 9.16 Å². The zero-order valence-corrected chi connectivity index (χ0v) is 16.9. The first-order chi connectivity index (χ1) is 11.5. The monoisotopic (exact) mass is 370 g/mol.